The number of hydrogen-bond acceptors (Lipinski definition) is 1. The first kappa shape index (κ1) is 17.1. The standard InChI is InChI=1S/C9H7F3O.C2H6.CH4/c1-6-2-4-7(5-3-6)8(13)9(10,11)12;1-2;/h2-5H,1H3;1-2H3;1H4. The van der Waals surface area contributed by atoms with Gasteiger partial charge in [0.05, 0.1) is 0 Å². The third-order valence-electron chi connectivity index (χ3n) is 1.57. The number of carbonyl (C=O) groups is 1. The van der Waals surface area contributed by atoms with E-state index in [0.29, 0.717) is 0 Å². The van der Waals surface area contributed by atoms with Crippen molar-refractivity contribution in [2.24, 2.45) is 0 Å². The minimum atomic E-state index is -4.78. The first-order valence-electron chi connectivity index (χ1n) is 4.59. The summed E-state index contributed by atoms with van der Waals surface area (Å²) in [5, 5.41) is 0. The molecule has 0 saturated heterocycles. The summed E-state index contributed by atoms with van der Waals surface area (Å²) in [5.74, 6) is -1.80. The van der Waals surface area contributed by atoms with Crippen molar-refractivity contribution in [3.8, 4) is 0 Å². The lowest BCUT2D eigenvalue weighted by atomic mass is 10.1. The molecule has 0 aliphatic carbocycles. The van der Waals surface area contributed by atoms with Crippen molar-refractivity contribution in [3.63, 3.8) is 0 Å². The summed E-state index contributed by atoms with van der Waals surface area (Å²) in [5.41, 5.74) is 0.497. The van der Waals surface area contributed by atoms with Gasteiger partial charge in [-0.2, -0.15) is 13.2 Å². The molecular formula is C12H17F3O. The molecule has 1 aromatic carbocycles. The SMILES string of the molecule is C.CC.Cc1ccc(C(=O)C(F)(F)F)cc1. The summed E-state index contributed by atoms with van der Waals surface area (Å²) in [6, 6.07) is 5.29. The van der Waals surface area contributed by atoms with E-state index in [1.54, 1.807) is 6.92 Å². The van der Waals surface area contributed by atoms with Crippen molar-refractivity contribution in [1.82, 2.24) is 0 Å². The molecule has 0 aromatic heterocycles. The van der Waals surface area contributed by atoms with Crippen LogP contribution in [0.25, 0.3) is 0 Å². The van der Waals surface area contributed by atoms with Gasteiger partial charge in [0.2, 0.25) is 0 Å². The smallest absolute Gasteiger partial charge is 0.284 e. The quantitative estimate of drug-likeness (QED) is 0.658. The maximum Gasteiger partial charge on any atom is 0.454 e. The maximum absolute atomic E-state index is 11.9. The maximum atomic E-state index is 11.9. The molecule has 92 valence electrons. The fourth-order valence-electron chi connectivity index (χ4n) is 0.869. The highest BCUT2D eigenvalue weighted by atomic mass is 19.4. The number of rotatable bonds is 1. The molecule has 0 bridgehead atoms. The molecule has 0 atom stereocenters. The fourth-order valence-corrected chi connectivity index (χ4v) is 0.869. The molecule has 0 saturated carbocycles. The number of Topliss-reactive ketones (excluding diaryl/α,β-unsaturated/α-hetero) is 1. The Morgan fingerprint density at radius 2 is 1.44 bits per heavy atom. The topological polar surface area (TPSA) is 17.1 Å². The fraction of sp³-hybridized carbons (Fsp3) is 0.417. The minimum absolute atomic E-state index is 0. The average Bonchev–Trinajstić information content (AvgIpc) is 2.20. The lowest BCUT2D eigenvalue weighted by Crippen LogP contribution is -2.22. The zero-order chi connectivity index (χ0) is 12.1. The largest absolute Gasteiger partial charge is 0.454 e. The first-order valence-corrected chi connectivity index (χ1v) is 4.59. The van der Waals surface area contributed by atoms with E-state index in [2.05, 4.69) is 0 Å². The minimum Gasteiger partial charge on any atom is -0.284 e. The van der Waals surface area contributed by atoms with Crippen LogP contribution >= 0.6 is 0 Å². The summed E-state index contributed by atoms with van der Waals surface area (Å²) in [7, 11) is 0. The van der Waals surface area contributed by atoms with Gasteiger partial charge in [-0.25, -0.2) is 0 Å². The Balaban J connectivity index is 0. The number of benzene rings is 1. The van der Waals surface area contributed by atoms with E-state index in [-0.39, 0.29) is 13.0 Å². The van der Waals surface area contributed by atoms with Crippen LogP contribution in [0.15, 0.2) is 24.3 Å². The van der Waals surface area contributed by atoms with Crippen molar-refractivity contribution in [2.45, 2.75) is 34.4 Å². The lowest BCUT2D eigenvalue weighted by Gasteiger charge is -2.04. The van der Waals surface area contributed by atoms with Crippen LogP contribution in [-0.2, 0) is 0 Å². The van der Waals surface area contributed by atoms with E-state index in [1.165, 1.54) is 24.3 Å². The zero-order valence-corrected chi connectivity index (χ0v) is 8.85. The highest BCUT2D eigenvalue weighted by Crippen LogP contribution is 2.21. The molecule has 0 unspecified atom stereocenters. The van der Waals surface area contributed by atoms with Crippen LogP contribution in [0.5, 0.6) is 0 Å². The van der Waals surface area contributed by atoms with Crippen LogP contribution in [0.1, 0.15) is 37.2 Å². The van der Waals surface area contributed by atoms with Gasteiger partial charge < -0.3 is 0 Å². The highest BCUT2D eigenvalue weighted by Gasteiger charge is 2.38. The van der Waals surface area contributed by atoms with Crippen molar-refractivity contribution >= 4 is 5.78 Å². The molecule has 1 aromatic rings. The van der Waals surface area contributed by atoms with Gasteiger partial charge in [0.1, 0.15) is 0 Å². The molecule has 4 heteroatoms. The molecule has 0 heterocycles. The number of halogens is 3. The Kier molecular flexibility index (Phi) is 7.51. The van der Waals surface area contributed by atoms with E-state index >= 15 is 0 Å². The summed E-state index contributed by atoms with van der Waals surface area (Å²) in [6.45, 7) is 5.74. The Hall–Kier alpha value is -1.32. The van der Waals surface area contributed by atoms with Gasteiger partial charge in [0.25, 0.3) is 5.78 Å². The van der Waals surface area contributed by atoms with E-state index in [1.807, 2.05) is 13.8 Å². The van der Waals surface area contributed by atoms with Gasteiger partial charge in [0.15, 0.2) is 0 Å². The Morgan fingerprint density at radius 3 is 1.75 bits per heavy atom. The molecule has 0 aliphatic rings. The van der Waals surface area contributed by atoms with Crippen LogP contribution in [0, 0.1) is 6.92 Å². The predicted molar refractivity (Wildman–Crippen MR) is 59.6 cm³/mol. The highest BCUT2D eigenvalue weighted by molar-refractivity contribution is 6.00. The molecule has 0 N–H and O–H groups in total. The van der Waals surface area contributed by atoms with Crippen LogP contribution in [-0.4, -0.2) is 12.0 Å². The van der Waals surface area contributed by atoms with Crippen LogP contribution in [0.4, 0.5) is 13.2 Å². The van der Waals surface area contributed by atoms with Gasteiger partial charge in [-0.15, -0.1) is 0 Å². The molecule has 0 spiro atoms. The van der Waals surface area contributed by atoms with Gasteiger partial charge in [-0.3, -0.25) is 4.79 Å². The molecule has 16 heavy (non-hydrogen) atoms. The van der Waals surface area contributed by atoms with Crippen molar-refractivity contribution in [1.29, 1.82) is 0 Å². The number of aryl methyl sites for hydroxylation is 1. The number of hydrogen-bond donors (Lipinski definition) is 0. The van der Waals surface area contributed by atoms with Gasteiger partial charge in [0, 0.05) is 5.56 Å². The number of alkyl halides is 3. The average molecular weight is 234 g/mol. The van der Waals surface area contributed by atoms with Crippen molar-refractivity contribution in [2.75, 3.05) is 0 Å². The number of ketones is 1. The second kappa shape index (κ2) is 7.04. The zero-order valence-electron chi connectivity index (χ0n) is 8.85. The Morgan fingerprint density at radius 1 is 1.06 bits per heavy atom. The summed E-state index contributed by atoms with van der Waals surface area (Å²) < 4.78 is 35.7. The molecular weight excluding hydrogens is 217 g/mol. The number of carbonyl (C=O) groups excluding carboxylic acids is 1. The molecule has 0 amide bonds. The normalized spacial score (nSPS) is 9.62. The van der Waals surface area contributed by atoms with E-state index in [9.17, 15) is 18.0 Å². The van der Waals surface area contributed by atoms with E-state index < -0.39 is 12.0 Å². The second-order valence-corrected chi connectivity index (χ2v) is 2.69. The van der Waals surface area contributed by atoms with Crippen LogP contribution < -0.4 is 0 Å². The predicted octanol–water partition coefficient (Wildman–Crippen LogP) is 4.40. The lowest BCUT2D eigenvalue weighted by molar-refractivity contribution is -0.0885. The van der Waals surface area contributed by atoms with Crippen LogP contribution in [0.3, 0.4) is 0 Å². The second-order valence-electron chi connectivity index (χ2n) is 2.69. The third-order valence-corrected chi connectivity index (χ3v) is 1.57. The first-order chi connectivity index (χ1) is 6.91. The van der Waals surface area contributed by atoms with E-state index in [0.717, 1.165) is 5.56 Å². The van der Waals surface area contributed by atoms with Crippen molar-refractivity contribution < 1.29 is 18.0 Å². The van der Waals surface area contributed by atoms with Crippen molar-refractivity contribution in [3.05, 3.63) is 35.4 Å². The van der Waals surface area contributed by atoms with E-state index in [4.69, 9.17) is 0 Å². The Labute approximate surface area is 94.3 Å². The molecule has 0 fully saturated rings. The summed E-state index contributed by atoms with van der Waals surface area (Å²) in [6.07, 6.45) is -4.78. The third kappa shape index (κ3) is 4.96. The van der Waals surface area contributed by atoms with Crippen LogP contribution in [0.2, 0.25) is 0 Å². The van der Waals surface area contributed by atoms with Gasteiger partial charge >= 0.3 is 6.18 Å². The summed E-state index contributed by atoms with van der Waals surface area (Å²) >= 11 is 0. The van der Waals surface area contributed by atoms with Gasteiger partial charge in [-0.05, 0) is 6.92 Å². The molecule has 1 nitrogen and oxygen atoms in total. The van der Waals surface area contributed by atoms with Gasteiger partial charge in [-0.1, -0.05) is 51.1 Å². The monoisotopic (exact) mass is 234 g/mol. The Bertz CT molecular complexity index is 312. The molecule has 0 radical (unpaired) electrons. The molecule has 0 aliphatic heterocycles. The molecule has 1 rings (SSSR count). The summed E-state index contributed by atoms with van der Waals surface area (Å²) in [4.78, 5) is 10.7.